The number of benzene rings is 4. The maximum Gasteiger partial charge on any atom is 0.461 e. The number of rotatable bonds is 11. The maximum atomic E-state index is 15.1. The maximum absolute atomic E-state index is 15.1. The molecular formula is C33H30F6N2O3. The van der Waals surface area contributed by atoms with Crippen LogP contribution in [0.2, 0.25) is 0 Å². The van der Waals surface area contributed by atoms with Crippen molar-refractivity contribution in [3.8, 4) is 5.75 Å². The molecule has 4 aromatic rings. The van der Waals surface area contributed by atoms with Crippen molar-refractivity contribution in [3.63, 3.8) is 0 Å². The second-order valence-corrected chi connectivity index (χ2v) is 10.5. The largest absolute Gasteiger partial charge is 0.461 e. The van der Waals surface area contributed by atoms with Crippen molar-refractivity contribution in [1.29, 1.82) is 0 Å². The molecule has 0 spiro atoms. The average Bonchev–Trinajstić information content (AvgIpc) is 3.01. The van der Waals surface area contributed by atoms with E-state index in [4.69, 9.17) is 4.74 Å². The Labute approximate surface area is 250 Å². The lowest BCUT2D eigenvalue weighted by atomic mass is 9.77. The first-order chi connectivity index (χ1) is 21.1. The Bertz CT molecular complexity index is 1520. The van der Waals surface area contributed by atoms with Gasteiger partial charge in [0, 0.05) is 24.8 Å². The van der Waals surface area contributed by atoms with E-state index >= 15 is 4.39 Å². The fourth-order valence-electron chi connectivity index (χ4n) is 5.30. The molecule has 2 atom stereocenters. The van der Waals surface area contributed by atoms with Gasteiger partial charge in [0.1, 0.15) is 23.6 Å². The number of halogens is 6. The summed E-state index contributed by atoms with van der Waals surface area (Å²) in [6.07, 6.45) is -10.5. The van der Waals surface area contributed by atoms with Crippen molar-refractivity contribution in [2.75, 3.05) is 31.2 Å². The summed E-state index contributed by atoms with van der Waals surface area (Å²) in [5, 5.41) is 14.7. The van der Waals surface area contributed by atoms with Crippen LogP contribution in [0.5, 0.6) is 5.75 Å². The lowest BCUT2D eigenvalue weighted by molar-refractivity contribution is -0.253. The minimum absolute atomic E-state index is 0.0104. The van der Waals surface area contributed by atoms with Crippen LogP contribution in [-0.4, -0.2) is 43.9 Å². The summed E-state index contributed by atoms with van der Waals surface area (Å²) >= 11 is 0. The number of morpholine rings is 1. The van der Waals surface area contributed by atoms with Gasteiger partial charge in [-0.2, -0.15) is 17.6 Å². The fourth-order valence-corrected chi connectivity index (χ4v) is 5.30. The minimum Gasteiger partial charge on any atom is -0.428 e. The van der Waals surface area contributed by atoms with Crippen LogP contribution in [0.25, 0.3) is 0 Å². The van der Waals surface area contributed by atoms with E-state index in [0.29, 0.717) is 49.1 Å². The van der Waals surface area contributed by atoms with Crippen LogP contribution < -0.4 is 15.0 Å². The number of hydrogen-bond donors (Lipinski definition) is 2. The summed E-state index contributed by atoms with van der Waals surface area (Å²) in [4.78, 5) is 2.13. The Morgan fingerprint density at radius 2 is 1.48 bits per heavy atom. The summed E-state index contributed by atoms with van der Waals surface area (Å²) in [6.45, 7) is 2.60. The van der Waals surface area contributed by atoms with E-state index in [2.05, 4.69) is 15.0 Å². The molecule has 0 aromatic heterocycles. The molecule has 1 fully saturated rings. The highest BCUT2D eigenvalue weighted by Crippen LogP contribution is 2.39. The third-order valence-electron chi connectivity index (χ3n) is 7.49. The molecule has 4 aromatic carbocycles. The van der Waals surface area contributed by atoms with Gasteiger partial charge in [0.15, 0.2) is 0 Å². The highest BCUT2D eigenvalue weighted by atomic mass is 19.3. The topological polar surface area (TPSA) is 54.0 Å². The molecule has 1 unspecified atom stereocenters. The molecule has 1 aliphatic rings. The molecule has 5 nitrogen and oxygen atoms in total. The SMILES string of the molecule is OC(N[C@](Cc1ccccc1)(c1ccc(F)cc1)c1cc(F)cc(OC(F)(F)C(F)F)c1)c1ccc(N2CCOCC2)cc1. The van der Waals surface area contributed by atoms with Crippen LogP contribution in [0, 0.1) is 11.6 Å². The van der Waals surface area contributed by atoms with E-state index in [1.54, 1.807) is 42.5 Å². The normalized spacial score (nSPS) is 16.0. The number of aliphatic hydroxyl groups excluding tert-OH is 1. The van der Waals surface area contributed by atoms with Gasteiger partial charge in [-0.25, -0.2) is 8.78 Å². The monoisotopic (exact) mass is 616 g/mol. The molecule has 232 valence electrons. The lowest BCUT2D eigenvalue weighted by Gasteiger charge is -2.39. The number of aliphatic hydroxyl groups is 1. The molecule has 11 heteroatoms. The van der Waals surface area contributed by atoms with Crippen molar-refractivity contribution in [2.45, 2.75) is 30.7 Å². The molecule has 1 saturated heterocycles. The van der Waals surface area contributed by atoms with Crippen molar-refractivity contribution in [2.24, 2.45) is 0 Å². The predicted molar refractivity (Wildman–Crippen MR) is 153 cm³/mol. The number of hydrogen-bond acceptors (Lipinski definition) is 5. The molecule has 0 radical (unpaired) electrons. The van der Waals surface area contributed by atoms with Gasteiger partial charge in [-0.05, 0) is 65.1 Å². The van der Waals surface area contributed by atoms with Crippen molar-refractivity contribution >= 4 is 5.69 Å². The smallest absolute Gasteiger partial charge is 0.428 e. The Kier molecular flexibility index (Phi) is 9.48. The summed E-state index contributed by atoms with van der Waals surface area (Å²) in [7, 11) is 0. The van der Waals surface area contributed by atoms with E-state index < -0.39 is 41.7 Å². The third-order valence-corrected chi connectivity index (χ3v) is 7.49. The van der Waals surface area contributed by atoms with E-state index in [9.17, 15) is 27.1 Å². The summed E-state index contributed by atoms with van der Waals surface area (Å²) in [5.74, 6) is -2.47. The Morgan fingerprint density at radius 1 is 0.818 bits per heavy atom. The molecule has 1 heterocycles. The van der Waals surface area contributed by atoms with Gasteiger partial charge in [-0.1, -0.05) is 54.6 Å². The van der Waals surface area contributed by atoms with Crippen LogP contribution in [0.15, 0.2) is 97.1 Å². The van der Waals surface area contributed by atoms with Crippen LogP contribution in [-0.2, 0) is 16.7 Å². The number of alkyl halides is 4. The standard InChI is InChI=1S/C33H30F6N2O3/c34-26-10-8-24(9-11-26)32(21-22-4-2-1-3-5-22,25-18-27(35)20-29(19-25)44-33(38,39)31(36)37)40-30(42)23-6-12-28(13-7-23)41-14-16-43-17-15-41/h1-13,18-20,30-31,40,42H,14-17,21H2/t30?,32-/m1/s1. The molecule has 44 heavy (non-hydrogen) atoms. The Balaban J connectivity index is 1.61. The van der Waals surface area contributed by atoms with E-state index in [1.807, 2.05) is 12.1 Å². The third kappa shape index (κ3) is 7.18. The van der Waals surface area contributed by atoms with Gasteiger partial charge in [0.2, 0.25) is 0 Å². The average molecular weight is 617 g/mol. The fraction of sp³-hybridized carbons (Fsp3) is 0.273. The molecule has 0 amide bonds. The number of nitrogens with one attached hydrogen (secondary N) is 1. The summed E-state index contributed by atoms with van der Waals surface area (Å²) in [5.41, 5.74) is 0.742. The molecule has 5 rings (SSSR count). The van der Waals surface area contributed by atoms with E-state index in [-0.39, 0.29) is 12.0 Å². The predicted octanol–water partition coefficient (Wildman–Crippen LogP) is 6.81. The molecular weight excluding hydrogens is 586 g/mol. The lowest BCUT2D eigenvalue weighted by Crippen LogP contribution is -2.47. The summed E-state index contributed by atoms with van der Waals surface area (Å²) < 4.78 is 92.6. The van der Waals surface area contributed by atoms with Gasteiger partial charge >= 0.3 is 12.5 Å². The second kappa shape index (κ2) is 13.3. The van der Waals surface area contributed by atoms with Gasteiger partial charge in [0.25, 0.3) is 0 Å². The minimum atomic E-state index is -4.89. The van der Waals surface area contributed by atoms with Gasteiger partial charge in [0.05, 0.1) is 18.8 Å². The van der Waals surface area contributed by atoms with Crippen LogP contribution in [0.3, 0.4) is 0 Å². The first-order valence-corrected chi connectivity index (χ1v) is 13.9. The Hall–Kier alpha value is -4.06. The molecule has 0 saturated carbocycles. The number of anilines is 1. The zero-order valence-electron chi connectivity index (χ0n) is 23.4. The first kappa shape index (κ1) is 31.4. The van der Waals surface area contributed by atoms with Crippen LogP contribution >= 0.6 is 0 Å². The Morgan fingerprint density at radius 3 is 2.11 bits per heavy atom. The quantitative estimate of drug-likeness (QED) is 0.143. The second-order valence-electron chi connectivity index (χ2n) is 10.5. The van der Waals surface area contributed by atoms with E-state index in [1.165, 1.54) is 24.3 Å². The van der Waals surface area contributed by atoms with Gasteiger partial charge in [-0.3, -0.25) is 5.32 Å². The van der Waals surface area contributed by atoms with Crippen molar-refractivity contribution in [1.82, 2.24) is 5.32 Å². The van der Waals surface area contributed by atoms with E-state index in [0.717, 1.165) is 17.8 Å². The summed E-state index contributed by atoms with van der Waals surface area (Å²) in [6, 6.07) is 23.7. The first-order valence-electron chi connectivity index (χ1n) is 13.9. The number of ether oxygens (including phenoxy) is 2. The molecule has 1 aliphatic heterocycles. The van der Waals surface area contributed by atoms with Crippen LogP contribution in [0.1, 0.15) is 28.5 Å². The zero-order valence-corrected chi connectivity index (χ0v) is 23.4. The van der Waals surface area contributed by atoms with Gasteiger partial charge < -0.3 is 19.5 Å². The van der Waals surface area contributed by atoms with Crippen molar-refractivity contribution < 1.29 is 40.9 Å². The zero-order chi connectivity index (χ0) is 31.3. The highest BCUT2D eigenvalue weighted by molar-refractivity contribution is 5.49. The van der Waals surface area contributed by atoms with Gasteiger partial charge in [-0.15, -0.1) is 0 Å². The molecule has 0 aliphatic carbocycles. The molecule has 2 N–H and O–H groups in total. The molecule has 0 bridgehead atoms. The highest BCUT2D eigenvalue weighted by Gasteiger charge is 2.45. The van der Waals surface area contributed by atoms with Crippen LogP contribution in [0.4, 0.5) is 32.0 Å². The number of nitrogens with zero attached hydrogens (tertiary/aromatic N) is 1. The van der Waals surface area contributed by atoms with Crippen molar-refractivity contribution in [3.05, 3.63) is 131 Å².